The normalized spacial score (nSPS) is 11.0. The van der Waals surface area contributed by atoms with E-state index in [0.717, 1.165) is 74.1 Å². The number of nitrogens with zero attached hydrogens (tertiary/aromatic N) is 4. The van der Waals surface area contributed by atoms with E-state index in [-0.39, 0.29) is 0 Å². The van der Waals surface area contributed by atoms with Crippen LogP contribution in [0.2, 0.25) is 0 Å². The molecule has 7 aromatic carbocycles. The second kappa shape index (κ2) is 13.9. The predicted octanol–water partition coefficient (Wildman–Crippen LogP) is 12.5. The molecule has 4 nitrogen and oxygen atoms in total. The lowest BCUT2D eigenvalue weighted by Crippen LogP contribution is -2.12. The fourth-order valence-electron chi connectivity index (χ4n) is 6.56. The van der Waals surface area contributed by atoms with E-state index in [0.29, 0.717) is 0 Å². The third-order valence-electron chi connectivity index (χ3n) is 9.01. The summed E-state index contributed by atoms with van der Waals surface area (Å²) in [6.45, 7) is 2.17. The zero-order chi connectivity index (χ0) is 33.7. The molecule has 0 fully saturated rings. The standard InChI is InChI=1S/C46H36N4/c1-2-34-18-15-25-43-44(34)48-46(35-16-7-3-8-17-35)45(47-43)36-26-28-40(29-27-36)50(39-23-13-6-14-24-39)42-32-30-41(31-33-42)49(37-19-9-4-10-20-37)38-21-11-5-12-22-38/h3-33H,2H2,1H3. The number of aromatic nitrogens is 2. The first-order valence-electron chi connectivity index (χ1n) is 17.1. The second-order valence-corrected chi connectivity index (χ2v) is 12.2. The summed E-state index contributed by atoms with van der Waals surface area (Å²) in [7, 11) is 0. The summed E-state index contributed by atoms with van der Waals surface area (Å²) in [5.41, 5.74) is 13.4. The van der Waals surface area contributed by atoms with Crippen molar-refractivity contribution in [3.05, 3.63) is 194 Å². The molecule has 0 saturated carbocycles. The first kappa shape index (κ1) is 30.8. The van der Waals surface area contributed by atoms with Crippen LogP contribution in [0.1, 0.15) is 12.5 Å². The summed E-state index contributed by atoms with van der Waals surface area (Å²) in [5, 5.41) is 0. The van der Waals surface area contributed by atoms with E-state index >= 15 is 0 Å². The molecule has 1 aromatic heterocycles. The first-order chi connectivity index (χ1) is 24.8. The summed E-state index contributed by atoms with van der Waals surface area (Å²) in [6, 6.07) is 65.6. The maximum atomic E-state index is 5.23. The van der Waals surface area contributed by atoms with Crippen molar-refractivity contribution in [1.82, 2.24) is 9.97 Å². The minimum Gasteiger partial charge on any atom is -0.311 e. The van der Waals surface area contributed by atoms with Crippen molar-refractivity contribution in [2.45, 2.75) is 13.3 Å². The van der Waals surface area contributed by atoms with Crippen LogP contribution in [0.5, 0.6) is 0 Å². The highest BCUT2D eigenvalue weighted by molar-refractivity contribution is 5.89. The molecule has 8 aromatic rings. The lowest BCUT2D eigenvalue weighted by Gasteiger charge is -2.28. The van der Waals surface area contributed by atoms with E-state index in [1.54, 1.807) is 0 Å². The van der Waals surface area contributed by atoms with Crippen LogP contribution in [-0.4, -0.2) is 9.97 Å². The number of fused-ring (bicyclic) bond motifs is 1. The first-order valence-corrected chi connectivity index (χ1v) is 17.1. The molecule has 4 heteroatoms. The molecule has 0 unspecified atom stereocenters. The predicted molar refractivity (Wildman–Crippen MR) is 209 cm³/mol. The summed E-state index contributed by atoms with van der Waals surface area (Å²) in [4.78, 5) is 15.0. The van der Waals surface area contributed by atoms with E-state index in [4.69, 9.17) is 9.97 Å². The van der Waals surface area contributed by atoms with Crippen molar-refractivity contribution < 1.29 is 0 Å². The van der Waals surface area contributed by atoms with Crippen LogP contribution in [0.3, 0.4) is 0 Å². The van der Waals surface area contributed by atoms with Crippen LogP contribution < -0.4 is 9.80 Å². The lowest BCUT2D eigenvalue weighted by atomic mass is 10.0. The van der Waals surface area contributed by atoms with E-state index < -0.39 is 0 Å². The molecule has 1 heterocycles. The third kappa shape index (κ3) is 6.11. The van der Waals surface area contributed by atoms with Gasteiger partial charge in [-0.3, -0.25) is 0 Å². The van der Waals surface area contributed by atoms with Gasteiger partial charge >= 0.3 is 0 Å². The molecular formula is C46H36N4. The van der Waals surface area contributed by atoms with Gasteiger partial charge in [0, 0.05) is 45.3 Å². The molecule has 50 heavy (non-hydrogen) atoms. The van der Waals surface area contributed by atoms with Gasteiger partial charge in [0.15, 0.2) is 0 Å². The van der Waals surface area contributed by atoms with Crippen molar-refractivity contribution in [2.75, 3.05) is 9.80 Å². The van der Waals surface area contributed by atoms with Crippen LogP contribution in [0, 0.1) is 0 Å². The van der Waals surface area contributed by atoms with E-state index in [2.05, 4.69) is 199 Å². The maximum Gasteiger partial charge on any atom is 0.0973 e. The number of anilines is 6. The number of hydrogen-bond acceptors (Lipinski definition) is 4. The molecule has 8 rings (SSSR count). The quantitative estimate of drug-likeness (QED) is 0.156. The van der Waals surface area contributed by atoms with Gasteiger partial charge < -0.3 is 9.80 Å². The van der Waals surface area contributed by atoms with Crippen molar-refractivity contribution in [3.63, 3.8) is 0 Å². The summed E-state index contributed by atoms with van der Waals surface area (Å²) in [5.74, 6) is 0. The Morgan fingerprint density at radius 3 is 1.20 bits per heavy atom. The van der Waals surface area contributed by atoms with Crippen molar-refractivity contribution in [2.24, 2.45) is 0 Å². The van der Waals surface area contributed by atoms with Crippen LogP contribution in [0.15, 0.2) is 188 Å². The summed E-state index contributed by atoms with van der Waals surface area (Å²) < 4.78 is 0. The molecule has 0 atom stereocenters. The van der Waals surface area contributed by atoms with Gasteiger partial charge in [0.2, 0.25) is 0 Å². The van der Waals surface area contributed by atoms with Gasteiger partial charge in [-0.15, -0.1) is 0 Å². The number of benzene rings is 7. The van der Waals surface area contributed by atoms with Crippen LogP contribution >= 0.6 is 0 Å². The molecule has 0 bridgehead atoms. The SMILES string of the molecule is CCc1cccc2nc(-c3ccc(N(c4ccccc4)c4ccc(N(c5ccccc5)c5ccccc5)cc4)cc3)c(-c3ccccc3)nc12. The van der Waals surface area contributed by atoms with E-state index in [1.807, 2.05) is 6.07 Å². The number of para-hydroxylation sites is 4. The van der Waals surface area contributed by atoms with Crippen LogP contribution in [0.4, 0.5) is 34.1 Å². The van der Waals surface area contributed by atoms with E-state index in [1.165, 1.54) is 5.56 Å². The molecular weight excluding hydrogens is 609 g/mol. The number of aryl methyl sites for hydroxylation is 1. The monoisotopic (exact) mass is 644 g/mol. The molecule has 0 aliphatic carbocycles. The minimum atomic E-state index is 0.876. The van der Waals surface area contributed by atoms with Crippen LogP contribution in [0.25, 0.3) is 33.5 Å². The third-order valence-corrected chi connectivity index (χ3v) is 9.01. The maximum absolute atomic E-state index is 5.23. The molecule has 0 amide bonds. The van der Waals surface area contributed by atoms with Crippen molar-refractivity contribution in [3.8, 4) is 22.5 Å². The second-order valence-electron chi connectivity index (χ2n) is 12.2. The average Bonchev–Trinajstić information content (AvgIpc) is 3.20. The largest absolute Gasteiger partial charge is 0.311 e. The Morgan fingerprint density at radius 2 is 0.740 bits per heavy atom. The molecule has 240 valence electrons. The molecule has 0 aliphatic rings. The van der Waals surface area contributed by atoms with Gasteiger partial charge in [-0.1, -0.05) is 116 Å². The van der Waals surface area contributed by atoms with Crippen molar-refractivity contribution in [1.29, 1.82) is 0 Å². The topological polar surface area (TPSA) is 32.3 Å². The van der Waals surface area contributed by atoms with Gasteiger partial charge in [0.25, 0.3) is 0 Å². The highest BCUT2D eigenvalue weighted by Gasteiger charge is 2.18. The zero-order valence-corrected chi connectivity index (χ0v) is 27.9. The summed E-state index contributed by atoms with van der Waals surface area (Å²) in [6.07, 6.45) is 0.904. The van der Waals surface area contributed by atoms with Gasteiger partial charge in [-0.25, -0.2) is 9.97 Å². The zero-order valence-electron chi connectivity index (χ0n) is 27.9. The average molecular weight is 645 g/mol. The Kier molecular flexibility index (Phi) is 8.57. The van der Waals surface area contributed by atoms with Gasteiger partial charge in [-0.05, 0) is 90.8 Å². The van der Waals surface area contributed by atoms with Crippen LogP contribution in [-0.2, 0) is 6.42 Å². The Bertz CT molecular complexity index is 2280. The Morgan fingerprint density at radius 1 is 0.360 bits per heavy atom. The Balaban J connectivity index is 1.19. The Hall–Kier alpha value is -6.52. The highest BCUT2D eigenvalue weighted by atomic mass is 15.2. The molecule has 0 radical (unpaired) electrons. The molecule has 0 saturated heterocycles. The number of hydrogen-bond donors (Lipinski definition) is 0. The van der Waals surface area contributed by atoms with Crippen molar-refractivity contribution >= 4 is 45.2 Å². The smallest absolute Gasteiger partial charge is 0.0973 e. The fourth-order valence-corrected chi connectivity index (χ4v) is 6.56. The van der Waals surface area contributed by atoms with Gasteiger partial charge in [0.1, 0.15) is 0 Å². The highest BCUT2D eigenvalue weighted by Crippen LogP contribution is 2.40. The molecule has 0 aliphatic heterocycles. The van der Waals surface area contributed by atoms with Gasteiger partial charge in [-0.2, -0.15) is 0 Å². The molecule has 0 N–H and O–H groups in total. The Labute approximate surface area is 293 Å². The van der Waals surface area contributed by atoms with Gasteiger partial charge in [0.05, 0.1) is 22.4 Å². The molecule has 0 spiro atoms. The lowest BCUT2D eigenvalue weighted by molar-refractivity contribution is 1.14. The fraction of sp³-hybridized carbons (Fsp3) is 0.0435. The van der Waals surface area contributed by atoms with E-state index in [9.17, 15) is 0 Å². The number of rotatable bonds is 9. The summed E-state index contributed by atoms with van der Waals surface area (Å²) >= 11 is 0. The minimum absolute atomic E-state index is 0.876.